The number of benzene rings is 1. The molecule has 3 atom stereocenters. The second kappa shape index (κ2) is 7.24. The highest BCUT2D eigenvalue weighted by Gasteiger charge is 2.25. The van der Waals surface area contributed by atoms with Gasteiger partial charge in [0.1, 0.15) is 0 Å². The molecule has 0 aliphatic heterocycles. The van der Waals surface area contributed by atoms with Gasteiger partial charge in [0.05, 0.1) is 0 Å². The first kappa shape index (κ1) is 15.5. The third kappa shape index (κ3) is 3.83. The smallest absolute Gasteiger partial charge is 0.0474 e. The lowest BCUT2D eigenvalue weighted by atomic mass is 9.84. The van der Waals surface area contributed by atoms with Crippen molar-refractivity contribution < 1.29 is 5.11 Å². The molecule has 1 aliphatic rings. The topological polar surface area (TPSA) is 32.3 Å². The Bertz CT molecular complexity index is 398. The molecule has 0 heterocycles. The van der Waals surface area contributed by atoms with E-state index in [1.54, 1.807) is 0 Å². The Morgan fingerprint density at radius 2 is 1.65 bits per heavy atom. The van der Waals surface area contributed by atoms with Gasteiger partial charge in [0, 0.05) is 18.7 Å². The molecule has 3 unspecified atom stereocenters. The minimum atomic E-state index is 0.316. The lowest BCUT2D eigenvalue weighted by Crippen LogP contribution is -2.41. The van der Waals surface area contributed by atoms with Crippen molar-refractivity contribution >= 4 is 0 Å². The molecule has 20 heavy (non-hydrogen) atoms. The lowest BCUT2D eigenvalue weighted by Gasteiger charge is -2.33. The first-order valence-electron chi connectivity index (χ1n) is 8.08. The van der Waals surface area contributed by atoms with Crippen LogP contribution in [0.2, 0.25) is 0 Å². The normalized spacial score (nSPS) is 24.9. The Morgan fingerprint density at radius 1 is 1.05 bits per heavy atom. The second-order valence-electron chi connectivity index (χ2n) is 6.54. The summed E-state index contributed by atoms with van der Waals surface area (Å²) in [4.78, 5) is 0. The molecule has 2 heteroatoms. The summed E-state index contributed by atoms with van der Waals surface area (Å²) in [5.41, 5.74) is 2.74. The van der Waals surface area contributed by atoms with E-state index in [1.807, 2.05) is 0 Å². The molecule has 1 fully saturated rings. The SMILES string of the molecule is CC(C)c1ccc(C(C)NC2CCCCC2CO)cc1. The molecule has 0 aromatic heterocycles. The summed E-state index contributed by atoms with van der Waals surface area (Å²) in [5, 5.41) is 13.2. The summed E-state index contributed by atoms with van der Waals surface area (Å²) in [5.74, 6) is 1.02. The van der Waals surface area contributed by atoms with Crippen LogP contribution < -0.4 is 5.32 Å². The quantitative estimate of drug-likeness (QED) is 0.851. The molecule has 1 aromatic rings. The van der Waals surface area contributed by atoms with Gasteiger partial charge in [0.25, 0.3) is 0 Å². The molecule has 2 nitrogen and oxygen atoms in total. The molecule has 1 saturated carbocycles. The summed E-state index contributed by atoms with van der Waals surface area (Å²) in [6.07, 6.45) is 4.90. The standard InChI is InChI=1S/C18H29NO/c1-13(2)15-8-10-16(11-9-15)14(3)19-18-7-5-4-6-17(18)12-20/h8-11,13-14,17-20H,4-7,12H2,1-3H3. The maximum Gasteiger partial charge on any atom is 0.0474 e. The zero-order valence-electron chi connectivity index (χ0n) is 13.1. The van der Waals surface area contributed by atoms with Crippen molar-refractivity contribution in [3.63, 3.8) is 0 Å². The fourth-order valence-electron chi connectivity index (χ4n) is 3.23. The van der Waals surface area contributed by atoms with Gasteiger partial charge in [-0.15, -0.1) is 0 Å². The van der Waals surface area contributed by atoms with Gasteiger partial charge in [-0.05, 0) is 42.7 Å². The molecule has 0 amide bonds. The molecule has 0 radical (unpaired) electrons. The van der Waals surface area contributed by atoms with Crippen molar-refractivity contribution in [3.05, 3.63) is 35.4 Å². The van der Waals surface area contributed by atoms with Crippen molar-refractivity contribution in [2.45, 2.75) is 64.5 Å². The van der Waals surface area contributed by atoms with Gasteiger partial charge in [-0.2, -0.15) is 0 Å². The summed E-state index contributed by atoms with van der Waals surface area (Å²) in [6.45, 7) is 7.00. The second-order valence-corrected chi connectivity index (χ2v) is 6.54. The van der Waals surface area contributed by atoms with Crippen molar-refractivity contribution in [1.82, 2.24) is 5.32 Å². The number of hydrogen-bond acceptors (Lipinski definition) is 2. The monoisotopic (exact) mass is 275 g/mol. The zero-order valence-corrected chi connectivity index (χ0v) is 13.1. The summed E-state index contributed by atoms with van der Waals surface area (Å²) >= 11 is 0. The maximum absolute atomic E-state index is 9.50. The molecule has 2 N–H and O–H groups in total. The van der Waals surface area contributed by atoms with E-state index in [9.17, 15) is 5.11 Å². The highest BCUT2D eigenvalue weighted by molar-refractivity contribution is 5.26. The molecule has 0 bridgehead atoms. The van der Waals surface area contributed by atoms with Gasteiger partial charge in [0.2, 0.25) is 0 Å². The van der Waals surface area contributed by atoms with Crippen LogP contribution in [0.1, 0.15) is 69.5 Å². The van der Waals surface area contributed by atoms with E-state index in [0.29, 0.717) is 30.5 Å². The van der Waals surface area contributed by atoms with E-state index in [4.69, 9.17) is 0 Å². The van der Waals surface area contributed by atoms with Gasteiger partial charge >= 0.3 is 0 Å². The predicted molar refractivity (Wildman–Crippen MR) is 84.9 cm³/mol. The Hall–Kier alpha value is -0.860. The highest BCUT2D eigenvalue weighted by Crippen LogP contribution is 2.27. The average Bonchev–Trinajstić information content (AvgIpc) is 2.48. The minimum absolute atomic E-state index is 0.316. The largest absolute Gasteiger partial charge is 0.396 e. The van der Waals surface area contributed by atoms with Crippen LogP contribution >= 0.6 is 0 Å². The van der Waals surface area contributed by atoms with E-state index in [2.05, 4.69) is 50.4 Å². The third-order valence-electron chi connectivity index (χ3n) is 4.71. The third-order valence-corrected chi connectivity index (χ3v) is 4.71. The van der Waals surface area contributed by atoms with Crippen LogP contribution in [0.25, 0.3) is 0 Å². The van der Waals surface area contributed by atoms with Crippen molar-refractivity contribution in [3.8, 4) is 0 Å². The first-order valence-corrected chi connectivity index (χ1v) is 8.08. The molecule has 0 spiro atoms. The van der Waals surface area contributed by atoms with Gasteiger partial charge in [0.15, 0.2) is 0 Å². The minimum Gasteiger partial charge on any atom is -0.396 e. The zero-order chi connectivity index (χ0) is 14.5. The van der Waals surface area contributed by atoms with Crippen LogP contribution in [0.15, 0.2) is 24.3 Å². The highest BCUT2D eigenvalue weighted by atomic mass is 16.3. The Balaban J connectivity index is 1.98. The molecule has 2 rings (SSSR count). The summed E-state index contributed by atoms with van der Waals surface area (Å²) in [7, 11) is 0. The summed E-state index contributed by atoms with van der Waals surface area (Å²) in [6, 6.07) is 9.78. The molecular formula is C18H29NO. The van der Waals surface area contributed by atoms with Crippen molar-refractivity contribution in [1.29, 1.82) is 0 Å². The maximum atomic E-state index is 9.50. The van der Waals surface area contributed by atoms with E-state index < -0.39 is 0 Å². The van der Waals surface area contributed by atoms with E-state index in [0.717, 1.165) is 6.42 Å². The molecule has 112 valence electrons. The number of nitrogens with one attached hydrogen (secondary N) is 1. The van der Waals surface area contributed by atoms with Crippen LogP contribution in [0, 0.1) is 5.92 Å². The van der Waals surface area contributed by atoms with Gasteiger partial charge < -0.3 is 10.4 Å². The van der Waals surface area contributed by atoms with Gasteiger partial charge in [-0.3, -0.25) is 0 Å². The van der Waals surface area contributed by atoms with Gasteiger partial charge in [-0.1, -0.05) is 51.0 Å². The van der Waals surface area contributed by atoms with Gasteiger partial charge in [-0.25, -0.2) is 0 Å². The summed E-state index contributed by atoms with van der Waals surface area (Å²) < 4.78 is 0. The van der Waals surface area contributed by atoms with E-state index >= 15 is 0 Å². The average molecular weight is 275 g/mol. The van der Waals surface area contributed by atoms with Crippen LogP contribution in [0.4, 0.5) is 0 Å². The molecule has 0 saturated heterocycles. The molecule has 1 aliphatic carbocycles. The lowest BCUT2D eigenvalue weighted by molar-refractivity contribution is 0.147. The van der Waals surface area contributed by atoms with Crippen LogP contribution in [-0.4, -0.2) is 17.8 Å². The van der Waals surface area contributed by atoms with E-state index in [1.165, 1.54) is 30.4 Å². The number of aliphatic hydroxyl groups excluding tert-OH is 1. The first-order chi connectivity index (χ1) is 9.61. The Morgan fingerprint density at radius 3 is 2.25 bits per heavy atom. The van der Waals surface area contributed by atoms with Crippen LogP contribution in [0.3, 0.4) is 0 Å². The van der Waals surface area contributed by atoms with Crippen molar-refractivity contribution in [2.24, 2.45) is 5.92 Å². The Labute approximate surface area is 123 Å². The number of aliphatic hydroxyl groups is 1. The van der Waals surface area contributed by atoms with E-state index in [-0.39, 0.29) is 0 Å². The Kier molecular flexibility index (Phi) is 5.62. The van der Waals surface area contributed by atoms with Crippen molar-refractivity contribution in [2.75, 3.05) is 6.61 Å². The predicted octanol–water partition coefficient (Wildman–Crippen LogP) is 4.01. The molecule has 1 aromatic carbocycles. The fraction of sp³-hybridized carbons (Fsp3) is 0.667. The van der Waals surface area contributed by atoms with Crippen LogP contribution in [-0.2, 0) is 0 Å². The molecular weight excluding hydrogens is 246 g/mol. The van der Waals surface area contributed by atoms with Crippen LogP contribution in [0.5, 0.6) is 0 Å². The number of hydrogen-bond donors (Lipinski definition) is 2. The fourth-order valence-corrected chi connectivity index (χ4v) is 3.23. The number of rotatable bonds is 5.